The first-order valence-electron chi connectivity index (χ1n) is 6.42. The molecule has 2 rings (SSSR count). The highest BCUT2D eigenvalue weighted by Gasteiger charge is 2.04. The third-order valence-electron chi connectivity index (χ3n) is 2.73. The van der Waals surface area contributed by atoms with Gasteiger partial charge in [0.15, 0.2) is 0 Å². The summed E-state index contributed by atoms with van der Waals surface area (Å²) in [5, 5.41) is 1.00. The number of aliphatic imine (C=N–C) groups is 1. The highest BCUT2D eigenvalue weighted by atomic mass is 35.5. The number of halogens is 2. The minimum absolute atomic E-state index is 0.441. The Morgan fingerprint density at radius 3 is 2.71 bits per heavy atom. The molecule has 2 aromatic rings. The van der Waals surface area contributed by atoms with Gasteiger partial charge in [-0.25, -0.2) is 9.98 Å². The fraction of sp³-hybridized carbons (Fsp3) is 0.200. The Kier molecular flexibility index (Phi) is 5.42. The van der Waals surface area contributed by atoms with Gasteiger partial charge in [-0.1, -0.05) is 23.2 Å². The van der Waals surface area contributed by atoms with Crippen LogP contribution in [0.2, 0.25) is 10.0 Å². The quantitative estimate of drug-likeness (QED) is 0.586. The number of rotatable bonds is 5. The van der Waals surface area contributed by atoms with E-state index in [0.717, 1.165) is 12.2 Å². The maximum atomic E-state index is 6.04. The summed E-state index contributed by atoms with van der Waals surface area (Å²) in [7, 11) is 1.96. The van der Waals surface area contributed by atoms with Gasteiger partial charge in [-0.05, 0) is 31.2 Å². The average molecular weight is 324 g/mol. The summed E-state index contributed by atoms with van der Waals surface area (Å²) < 4.78 is 5.60. The van der Waals surface area contributed by atoms with Crippen molar-refractivity contribution in [3.05, 3.63) is 46.6 Å². The third kappa shape index (κ3) is 4.62. The van der Waals surface area contributed by atoms with Gasteiger partial charge < -0.3 is 9.64 Å². The van der Waals surface area contributed by atoms with Gasteiger partial charge >= 0.3 is 0 Å². The van der Waals surface area contributed by atoms with E-state index in [1.54, 1.807) is 36.8 Å². The van der Waals surface area contributed by atoms with E-state index in [2.05, 4.69) is 16.9 Å². The van der Waals surface area contributed by atoms with Crippen LogP contribution in [0.3, 0.4) is 0 Å². The number of pyridine rings is 1. The Labute approximate surface area is 134 Å². The van der Waals surface area contributed by atoms with E-state index in [1.807, 2.05) is 18.0 Å². The van der Waals surface area contributed by atoms with Crippen molar-refractivity contribution in [2.24, 2.45) is 4.99 Å². The van der Waals surface area contributed by atoms with Crippen molar-refractivity contribution in [1.82, 2.24) is 9.88 Å². The zero-order valence-corrected chi connectivity index (χ0v) is 13.3. The number of nitrogens with zero attached hydrogens (tertiary/aromatic N) is 3. The van der Waals surface area contributed by atoms with Crippen molar-refractivity contribution in [3.8, 4) is 11.6 Å². The molecule has 0 atom stereocenters. The summed E-state index contributed by atoms with van der Waals surface area (Å²) in [6.45, 7) is 2.95. The van der Waals surface area contributed by atoms with Crippen molar-refractivity contribution in [3.63, 3.8) is 0 Å². The molecule has 6 heteroatoms. The molecule has 0 saturated carbocycles. The molecule has 1 aromatic heterocycles. The van der Waals surface area contributed by atoms with Crippen LogP contribution in [-0.2, 0) is 0 Å². The summed E-state index contributed by atoms with van der Waals surface area (Å²) in [6.07, 6.45) is 3.40. The number of hydrogen-bond donors (Lipinski definition) is 0. The van der Waals surface area contributed by atoms with E-state index in [1.165, 1.54) is 0 Å². The van der Waals surface area contributed by atoms with Crippen LogP contribution in [0, 0.1) is 0 Å². The van der Waals surface area contributed by atoms with Crippen molar-refractivity contribution in [1.29, 1.82) is 0 Å². The Bertz CT molecular complexity index is 629. The van der Waals surface area contributed by atoms with Crippen LogP contribution in [0.4, 0.5) is 5.69 Å². The number of ether oxygens (including phenoxy) is 1. The number of benzene rings is 1. The van der Waals surface area contributed by atoms with Crippen LogP contribution < -0.4 is 4.74 Å². The van der Waals surface area contributed by atoms with E-state index < -0.39 is 0 Å². The molecule has 1 heterocycles. The van der Waals surface area contributed by atoms with E-state index in [9.17, 15) is 0 Å². The smallest absolute Gasteiger partial charge is 0.219 e. The Morgan fingerprint density at radius 2 is 2.10 bits per heavy atom. The molecule has 0 bridgehead atoms. The van der Waals surface area contributed by atoms with E-state index in [0.29, 0.717) is 21.7 Å². The molecule has 21 heavy (non-hydrogen) atoms. The van der Waals surface area contributed by atoms with Crippen LogP contribution in [-0.4, -0.2) is 29.8 Å². The molecule has 0 amide bonds. The molecule has 0 unspecified atom stereocenters. The van der Waals surface area contributed by atoms with E-state index in [-0.39, 0.29) is 0 Å². The van der Waals surface area contributed by atoms with E-state index >= 15 is 0 Å². The molecule has 110 valence electrons. The topological polar surface area (TPSA) is 37.7 Å². The molecule has 0 aliphatic rings. The summed E-state index contributed by atoms with van der Waals surface area (Å²) in [6, 6.07) is 8.60. The molecular weight excluding hydrogens is 309 g/mol. The highest BCUT2D eigenvalue weighted by molar-refractivity contribution is 6.35. The lowest BCUT2D eigenvalue weighted by Crippen LogP contribution is -2.14. The Balaban J connectivity index is 2.07. The van der Waals surface area contributed by atoms with Gasteiger partial charge in [-0.2, -0.15) is 0 Å². The highest BCUT2D eigenvalue weighted by Crippen LogP contribution is 2.31. The summed E-state index contributed by atoms with van der Waals surface area (Å²) in [4.78, 5) is 10.5. The first-order valence-corrected chi connectivity index (χ1v) is 7.17. The second kappa shape index (κ2) is 7.29. The monoisotopic (exact) mass is 323 g/mol. The van der Waals surface area contributed by atoms with Gasteiger partial charge in [0, 0.05) is 24.7 Å². The predicted molar refractivity (Wildman–Crippen MR) is 87.2 cm³/mol. The SMILES string of the molecule is CCN(C)/C=N/c1ccc(Oc2ccc(Cl)cc2Cl)nc1. The summed E-state index contributed by atoms with van der Waals surface area (Å²) in [5.74, 6) is 0.956. The molecule has 0 radical (unpaired) electrons. The van der Waals surface area contributed by atoms with Crippen LogP contribution in [0.5, 0.6) is 11.6 Å². The molecular formula is C15H15Cl2N3O. The first-order chi connectivity index (χ1) is 10.1. The number of aromatic nitrogens is 1. The zero-order chi connectivity index (χ0) is 15.2. The van der Waals surface area contributed by atoms with Crippen molar-refractivity contribution < 1.29 is 4.74 Å². The standard InChI is InChI=1S/C15H15Cl2N3O/c1-3-20(2)10-19-12-5-7-15(18-9-12)21-14-6-4-11(16)8-13(14)17/h4-10H,3H2,1-2H3/b19-10+. The Morgan fingerprint density at radius 1 is 1.29 bits per heavy atom. The normalized spacial score (nSPS) is 10.9. The summed E-state index contributed by atoms with van der Waals surface area (Å²) >= 11 is 11.9. The molecule has 0 aliphatic carbocycles. The maximum Gasteiger partial charge on any atom is 0.219 e. The number of hydrogen-bond acceptors (Lipinski definition) is 3. The molecule has 0 saturated heterocycles. The van der Waals surface area contributed by atoms with Gasteiger partial charge in [0.25, 0.3) is 0 Å². The fourth-order valence-corrected chi connectivity index (χ4v) is 1.87. The zero-order valence-electron chi connectivity index (χ0n) is 11.8. The lowest BCUT2D eigenvalue weighted by atomic mass is 10.3. The average Bonchev–Trinajstić information content (AvgIpc) is 2.49. The molecule has 0 spiro atoms. The van der Waals surface area contributed by atoms with Crippen molar-refractivity contribution in [2.75, 3.05) is 13.6 Å². The first kappa shape index (κ1) is 15.6. The lowest BCUT2D eigenvalue weighted by molar-refractivity contribution is 0.463. The van der Waals surface area contributed by atoms with Crippen LogP contribution in [0.25, 0.3) is 0 Å². The predicted octanol–water partition coefficient (Wildman–Crippen LogP) is 4.79. The summed E-state index contributed by atoms with van der Waals surface area (Å²) in [5.41, 5.74) is 0.754. The molecule has 4 nitrogen and oxygen atoms in total. The van der Waals surface area contributed by atoms with Crippen LogP contribution in [0.15, 0.2) is 41.5 Å². The van der Waals surface area contributed by atoms with Gasteiger partial charge in [0.2, 0.25) is 5.88 Å². The minimum atomic E-state index is 0.441. The molecule has 0 N–H and O–H groups in total. The van der Waals surface area contributed by atoms with Crippen LogP contribution in [0.1, 0.15) is 6.92 Å². The third-order valence-corrected chi connectivity index (χ3v) is 3.26. The minimum Gasteiger partial charge on any atom is -0.437 e. The molecule has 0 aliphatic heterocycles. The Hall–Kier alpha value is -1.78. The van der Waals surface area contributed by atoms with Gasteiger partial charge in [0.05, 0.1) is 23.2 Å². The lowest BCUT2D eigenvalue weighted by Gasteiger charge is -2.08. The van der Waals surface area contributed by atoms with E-state index in [4.69, 9.17) is 27.9 Å². The van der Waals surface area contributed by atoms with Crippen molar-refractivity contribution in [2.45, 2.75) is 6.92 Å². The van der Waals surface area contributed by atoms with Crippen LogP contribution >= 0.6 is 23.2 Å². The molecule has 1 aromatic carbocycles. The van der Waals surface area contributed by atoms with Gasteiger partial charge in [-0.15, -0.1) is 0 Å². The maximum absolute atomic E-state index is 6.04. The van der Waals surface area contributed by atoms with Crippen molar-refractivity contribution >= 4 is 35.2 Å². The van der Waals surface area contributed by atoms with Gasteiger partial charge in [0.1, 0.15) is 5.75 Å². The second-order valence-corrected chi connectivity index (χ2v) is 5.19. The largest absolute Gasteiger partial charge is 0.437 e. The van der Waals surface area contributed by atoms with Gasteiger partial charge in [-0.3, -0.25) is 0 Å². The fourth-order valence-electron chi connectivity index (χ4n) is 1.43. The molecule has 0 fully saturated rings. The second-order valence-electron chi connectivity index (χ2n) is 4.35.